The molecule has 0 bridgehead atoms. The lowest BCUT2D eigenvalue weighted by atomic mass is 10.1. The number of fused-ring (bicyclic) bond motifs is 1. The first-order valence-corrected chi connectivity index (χ1v) is 7.01. The molecule has 20 heavy (non-hydrogen) atoms. The first-order valence-electron chi connectivity index (χ1n) is 6.13. The van der Waals surface area contributed by atoms with Crippen LogP contribution in [0.3, 0.4) is 0 Å². The van der Waals surface area contributed by atoms with E-state index in [9.17, 15) is 4.79 Å². The van der Waals surface area contributed by atoms with E-state index in [1.54, 1.807) is 17.6 Å². The summed E-state index contributed by atoms with van der Waals surface area (Å²) < 4.78 is 0. The molecule has 0 spiro atoms. The van der Waals surface area contributed by atoms with Crippen LogP contribution in [0.1, 0.15) is 15.2 Å². The summed E-state index contributed by atoms with van der Waals surface area (Å²) in [7, 11) is 0. The van der Waals surface area contributed by atoms with Crippen molar-refractivity contribution in [2.24, 2.45) is 0 Å². The van der Waals surface area contributed by atoms with Crippen molar-refractivity contribution in [2.75, 3.05) is 5.32 Å². The summed E-state index contributed by atoms with van der Waals surface area (Å²) in [5.74, 6) is -0.901. The summed E-state index contributed by atoms with van der Waals surface area (Å²) in [4.78, 5) is 15.7. The molecule has 0 unspecified atom stereocenters. The number of nitrogens with zero attached hydrogens (tertiary/aromatic N) is 1. The number of aromatic nitrogens is 1. The van der Waals surface area contributed by atoms with E-state index in [0.717, 1.165) is 16.5 Å². The molecule has 2 heterocycles. The molecule has 0 atom stereocenters. The number of carbonyl (C=O) groups is 1. The zero-order valence-electron chi connectivity index (χ0n) is 10.5. The zero-order valence-corrected chi connectivity index (χ0v) is 11.4. The van der Waals surface area contributed by atoms with Gasteiger partial charge < -0.3 is 10.4 Å². The van der Waals surface area contributed by atoms with Gasteiger partial charge in [-0.25, -0.2) is 4.79 Å². The molecule has 0 saturated heterocycles. The van der Waals surface area contributed by atoms with Crippen LogP contribution in [0.5, 0.6) is 0 Å². The van der Waals surface area contributed by atoms with Crippen LogP contribution < -0.4 is 5.32 Å². The predicted octanol–water partition coefficient (Wildman–Crippen LogP) is 3.61. The number of hydrogen-bond acceptors (Lipinski definition) is 4. The zero-order chi connectivity index (χ0) is 13.9. The normalized spacial score (nSPS) is 10.6. The van der Waals surface area contributed by atoms with Crippen molar-refractivity contribution in [3.63, 3.8) is 0 Å². The van der Waals surface area contributed by atoms with Crippen molar-refractivity contribution < 1.29 is 9.90 Å². The van der Waals surface area contributed by atoms with E-state index in [4.69, 9.17) is 5.11 Å². The highest BCUT2D eigenvalue weighted by Gasteiger charge is 2.11. The van der Waals surface area contributed by atoms with Crippen LogP contribution in [-0.2, 0) is 6.54 Å². The Morgan fingerprint density at radius 1 is 1.25 bits per heavy atom. The molecule has 1 aromatic carbocycles. The first-order chi connectivity index (χ1) is 9.75. The number of nitrogens with one attached hydrogen (secondary N) is 1. The number of benzene rings is 1. The Balaban J connectivity index is 1.87. The number of pyridine rings is 1. The number of rotatable bonds is 4. The Kier molecular flexibility index (Phi) is 3.35. The Morgan fingerprint density at radius 3 is 2.95 bits per heavy atom. The molecule has 0 aliphatic rings. The number of carboxylic acid groups (broad SMARTS) is 1. The second-order valence-electron chi connectivity index (χ2n) is 4.31. The van der Waals surface area contributed by atoms with Crippen molar-refractivity contribution >= 4 is 33.9 Å². The van der Waals surface area contributed by atoms with Crippen molar-refractivity contribution in [1.29, 1.82) is 0 Å². The van der Waals surface area contributed by atoms with Gasteiger partial charge in [0.05, 0.1) is 11.2 Å². The number of aromatic carboxylic acids is 1. The first kappa shape index (κ1) is 12.6. The van der Waals surface area contributed by atoms with Crippen LogP contribution in [0.25, 0.3) is 10.9 Å². The summed E-state index contributed by atoms with van der Waals surface area (Å²) in [6, 6.07) is 11.6. The van der Waals surface area contributed by atoms with Crippen molar-refractivity contribution in [3.05, 3.63) is 58.4 Å². The smallest absolute Gasteiger partial charge is 0.348 e. The highest BCUT2D eigenvalue weighted by Crippen LogP contribution is 2.24. The lowest BCUT2D eigenvalue weighted by molar-refractivity contribution is 0.0703. The van der Waals surface area contributed by atoms with Gasteiger partial charge in [-0.05, 0) is 29.1 Å². The maximum atomic E-state index is 11.1. The number of carboxylic acids is 1. The van der Waals surface area contributed by atoms with E-state index in [1.165, 1.54) is 11.3 Å². The molecule has 0 aliphatic carbocycles. The van der Waals surface area contributed by atoms with Gasteiger partial charge in [0.25, 0.3) is 0 Å². The van der Waals surface area contributed by atoms with Gasteiger partial charge in [-0.15, -0.1) is 11.3 Å². The van der Waals surface area contributed by atoms with E-state index >= 15 is 0 Å². The Hall–Kier alpha value is -2.40. The van der Waals surface area contributed by atoms with Gasteiger partial charge in [-0.2, -0.15) is 0 Å². The predicted molar refractivity (Wildman–Crippen MR) is 80.3 cm³/mol. The third-order valence-corrected chi connectivity index (χ3v) is 3.97. The molecular formula is C15H12N2O2S. The van der Waals surface area contributed by atoms with Crippen LogP contribution in [-0.4, -0.2) is 16.1 Å². The molecule has 0 fully saturated rings. The highest BCUT2D eigenvalue weighted by molar-refractivity contribution is 7.12. The third-order valence-electron chi connectivity index (χ3n) is 3.07. The van der Waals surface area contributed by atoms with Crippen LogP contribution >= 0.6 is 11.3 Å². The van der Waals surface area contributed by atoms with Crippen LogP contribution in [0.4, 0.5) is 5.69 Å². The van der Waals surface area contributed by atoms with Crippen LogP contribution in [0.15, 0.2) is 48.0 Å². The monoisotopic (exact) mass is 284 g/mol. The molecular weight excluding hydrogens is 272 g/mol. The van der Waals surface area contributed by atoms with Gasteiger partial charge in [0.1, 0.15) is 4.88 Å². The average molecular weight is 284 g/mol. The summed E-state index contributed by atoms with van der Waals surface area (Å²) in [5, 5.41) is 15.1. The van der Waals surface area contributed by atoms with Gasteiger partial charge >= 0.3 is 5.97 Å². The molecule has 0 radical (unpaired) electrons. The Bertz CT molecular complexity index is 762. The molecule has 3 aromatic rings. The second kappa shape index (κ2) is 5.30. The van der Waals surface area contributed by atoms with E-state index in [0.29, 0.717) is 17.1 Å². The van der Waals surface area contributed by atoms with Crippen molar-refractivity contribution in [2.45, 2.75) is 6.54 Å². The molecule has 0 aliphatic heterocycles. The van der Waals surface area contributed by atoms with E-state index in [-0.39, 0.29) is 0 Å². The lowest BCUT2D eigenvalue weighted by Crippen LogP contribution is -2.04. The number of anilines is 1. The quantitative estimate of drug-likeness (QED) is 0.768. The standard InChI is InChI=1S/C15H12N2O2S/c18-15(19)14-13(6-8-20-14)17-9-10-5-7-16-12-4-2-1-3-11(10)12/h1-8,17H,9H2,(H,18,19). The SMILES string of the molecule is O=C(O)c1sccc1NCc1ccnc2ccccc12. The molecule has 2 N–H and O–H groups in total. The molecule has 2 aromatic heterocycles. The van der Waals surface area contributed by atoms with E-state index in [2.05, 4.69) is 10.3 Å². The Morgan fingerprint density at radius 2 is 2.10 bits per heavy atom. The minimum atomic E-state index is -0.901. The van der Waals surface area contributed by atoms with Crippen LogP contribution in [0, 0.1) is 0 Å². The minimum Gasteiger partial charge on any atom is -0.477 e. The molecule has 100 valence electrons. The largest absolute Gasteiger partial charge is 0.477 e. The molecule has 3 rings (SSSR count). The fraction of sp³-hybridized carbons (Fsp3) is 0.0667. The number of para-hydroxylation sites is 1. The second-order valence-corrected chi connectivity index (χ2v) is 5.23. The maximum absolute atomic E-state index is 11.1. The summed E-state index contributed by atoms with van der Waals surface area (Å²) in [5.41, 5.74) is 2.69. The highest BCUT2D eigenvalue weighted by atomic mass is 32.1. The third kappa shape index (κ3) is 2.35. The van der Waals surface area contributed by atoms with Gasteiger partial charge in [0.15, 0.2) is 0 Å². The molecule has 0 saturated carbocycles. The topological polar surface area (TPSA) is 62.2 Å². The summed E-state index contributed by atoms with van der Waals surface area (Å²) in [6.45, 7) is 0.569. The van der Waals surface area contributed by atoms with Crippen molar-refractivity contribution in [1.82, 2.24) is 4.98 Å². The minimum absolute atomic E-state index is 0.336. The fourth-order valence-corrected chi connectivity index (χ4v) is 2.82. The van der Waals surface area contributed by atoms with Crippen molar-refractivity contribution in [3.8, 4) is 0 Å². The summed E-state index contributed by atoms with van der Waals surface area (Å²) in [6.07, 6.45) is 1.77. The molecule has 0 amide bonds. The van der Waals surface area contributed by atoms with Gasteiger partial charge in [-0.3, -0.25) is 4.98 Å². The van der Waals surface area contributed by atoms with Gasteiger partial charge in [0.2, 0.25) is 0 Å². The van der Waals surface area contributed by atoms with Gasteiger partial charge in [-0.1, -0.05) is 18.2 Å². The lowest BCUT2D eigenvalue weighted by Gasteiger charge is -2.08. The molecule has 5 heteroatoms. The van der Waals surface area contributed by atoms with Crippen LogP contribution in [0.2, 0.25) is 0 Å². The Labute approximate surface area is 119 Å². The average Bonchev–Trinajstić information content (AvgIpc) is 2.93. The molecule has 4 nitrogen and oxygen atoms in total. The van der Waals surface area contributed by atoms with E-state index in [1.807, 2.05) is 30.3 Å². The fourth-order valence-electron chi connectivity index (χ4n) is 2.11. The van der Waals surface area contributed by atoms with E-state index < -0.39 is 5.97 Å². The number of hydrogen-bond donors (Lipinski definition) is 2. The number of thiophene rings is 1. The maximum Gasteiger partial charge on any atom is 0.348 e. The summed E-state index contributed by atoms with van der Waals surface area (Å²) >= 11 is 1.22. The van der Waals surface area contributed by atoms with Gasteiger partial charge in [0, 0.05) is 18.1 Å².